The summed E-state index contributed by atoms with van der Waals surface area (Å²) in [4.78, 5) is 10.0. The fourth-order valence-electron chi connectivity index (χ4n) is 1.20. The largest absolute Gasteiger partial charge is 0.384 e. The number of thioether (sulfide) groups is 1. The molecule has 1 aromatic carbocycles. The number of nitrogens with zero attached hydrogens (tertiary/aromatic N) is 1. The molecule has 6 heteroatoms. The van der Waals surface area contributed by atoms with Crippen LogP contribution in [0.5, 0.6) is 0 Å². The van der Waals surface area contributed by atoms with Crippen LogP contribution in [0.3, 0.4) is 0 Å². The molecule has 0 bridgehead atoms. The van der Waals surface area contributed by atoms with Gasteiger partial charge in [-0.05, 0) is 24.5 Å². The van der Waals surface area contributed by atoms with Crippen LogP contribution < -0.4 is 5.32 Å². The van der Waals surface area contributed by atoms with E-state index in [0.29, 0.717) is 5.02 Å². The number of hydrogen-bond donors (Lipinski definition) is 1. The maximum absolute atomic E-state index is 10.5. The van der Waals surface area contributed by atoms with Crippen LogP contribution in [-0.2, 0) is 0 Å². The molecule has 1 rings (SSSR count). The van der Waals surface area contributed by atoms with E-state index in [1.165, 1.54) is 12.1 Å². The third-order valence-electron chi connectivity index (χ3n) is 2.00. The first kappa shape index (κ1) is 13.1. The van der Waals surface area contributed by atoms with E-state index in [1.807, 2.05) is 0 Å². The molecule has 1 aromatic rings. The van der Waals surface area contributed by atoms with E-state index in [2.05, 4.69) is 11.6 Å². The highest BCUT2D eigenvalue weighted by atomic mass is 35.5. The minimum atomic E-state index is -0.455. The summed E-state index contributed by atoms with van der Waals surface area (Å²) in [6, 6.07) is 4.45. The van der Waals surface area contributed by atoms with E-state index >= 15 is 0 Å². The average Bonchev–Trinajstić information content (AvgIpc) is 2.26. The first-order valence-electron chi connectivity index (χ1n) is 4.82. The van der Waals surface area contributed by atoms with Crippen LogP contribution >= 0.6 is 23.4 Å². The van der Waals surface area contributed by atoms with E-state index < -0.39 is 4.92 Å². The molecule has 4 nitrogen and oxygen atoms in total. The number of anilines is 1. The molecule has 0 saturated heterocycles. The van der Waals surface area contributed by atoms with E-state index in [4.69, 9.17) is 11.6 Å². The summed E-state index contributed by atoms with van der Waals surface area (Å²) in [6.07, 6.45) is 3.09. The fraction of sp³-hybridized carbons (Fsp3) is 0.400. The summed E-state index contributed by atoms with van der Waals surface area (Å²) in [7, 11) is 0. The highest BCUT2D eigenvalue weighted by molar-refractivity contribution is 7.98. The van der Waals surface area contributed by atoms with Gasteiger partial charge in [0.2, 0.25) is 0 Å². The second kappa shape index (κ2) is 6.60. The Hall–Kier alpha value is -0.940. The molecule has 0 atom stereocenters. The van der Waals surface area contributed by atoms with Crippen LogP contribution in [0, 0.1) is 10.1 Å². The molecule has 0 spiro atoms. The third kappa shape index (κ3) is 3.90. The highest BCUT2D eigenvalue weighted by Crippen LogP contribution is 2.26. The van der Waals surface area contributed by atoms with Crippen LogP contribution in [-0.4, -0.2) is 23.5 Å². The normalized spacial score (nSPS) is 10.1. The lowest BCUT2D eigenvalue weighted by molar-refractivity contribution is -0.384. The molecule has 0 aliphatic carbocycles. The van der Waals surface area contributed by atoms with Crippen molar-refractivity contribution in [2.45, 2.75) is 6.42 Å². The summed E-state index contributed by atoms with van der Waals surface area (Å²) < 4.78 is 0. The minimum Gasteiger partial charge on any atom is -0.384 e. The van der Waals surface area contributed by atoms with Gasteiger partial charge in [0, 0.05) is 18.7 Å². The molecule has 88 valence electrons. The summed E-state index contributed by atoms with van der Waals surface area (Å²) >= 11 is 7.70. The molecule has 0 saturated carbocycles. The van der Waals surface area contributed by atoms with Crippen molar-refractivity contribution in [1.82, 2.24) is 0 Å². The Balaban J connectivity index is 2.57. The predicted molar refractivity (Wildman–Crippen MR) is 69.6 cm³/mol. The second-order valence-corrected chi connectivity index (χ2v) is 4.59. The molecule has 16 heavy (non-hydrogen) atoms. The quantitative estimate of drug-likeness (QED) is 0.484. The zero-order valence-corrected chi connectivity index (χ0v) is 10.5. The molecule has 0 heterocycles. The number of hydrogen-bond acceptors (Lipinski definition) is 4. The molecule has 0 unspecified atom stereocenters. The van der Waals surface area contributed by atoms with Gasteiger partial charge >= 0.3 is 0 Å². The number of nitrogens with one attached hydrogen (secondary N) is 1. The Kier molecular flexibility index (Phi) is 5.42. The van der Waals surface area contributed by atoms with Gasteiger partial charge in [0.25, 0.3) is 5.69 Å². The molecule has 0 fully saturated rings. The summed E-state index contributed by atoms with van der Waals surface area (Å²) in [5.41, 5.74) is 0.757. The Morgan fingerprint density at radius 3 is 2.88 bits per heavy atom. The van der Waals surface area contributed by atoms with Crippen molar-refractivity contribution >= 4 is 34.7 Å². The van der Waals surface area contributed by atoms with Crippen molar-refractivity contribution in [1.29, 1.82) is 0 Å². The summed E-state index contributed by atoms with van der Waals surface area (Å²) in [6.45, 7) is 0.818. The van der Waals surface area contributed by atoms with Gasteiger partial charge in [-0.15, -0.1) is 0 Å². The van der Waals surface area contributed by atoms with E-state index in [1.54, 1.807) is 17.8 Å². The Morgan fingerprint density at radius 1 is 1.56 bits per heavy atom. The van der Waals surface area contributed by atoms with Crippen molar-refractivity contribution < 1.29 is 4.92 Å². The monoisotopic (exact) mass is 260 g/mol. The van der Waals surface area contributed by atoms with Crippen molar-refractivity contribution in [2.24, 2.45) is 0 Å². The molecular weight excluding hydrogens is 248 g/mol. The number of benzene rings is 1. The lowest BCUT2D eigenvalue weighted by atomic mass is 10.3. The van der Waals surface area contributed by atoms with Gasteiger partial charge in [0.15, 0.2) is 0 Å². The molecule has 1 N–H and O–H groups in total. The molecule has 0 aromatic heterocycles. The van der Waals surface area contributed by atoms with Crippen LogP contribution in [0.4, 0.5) is 11.4 Å². The molecule has 0 radical (unpaired) electrons. The SMILES string of the molecule is CSCCCNc1ccc([N+](=O)[O-])cc1Cl. The topological polar surface area (TPSA) is 55.2 Å². The molecule has 0 aliphatic heterocycles. The number of non-ortho nitro benzene ring substituents is 1. The van der Waals surface area contributed by atoms with Crippen LogP contribution in [0.15, 0.2) is 18.2 Å². The average molecular weight is 261 g/mol. The molecular formula is C10H13ClN2O2S. The van der Waals surface area contributed by atoms with Gasteiger partial charge in [-0.2, -0.15) is 11.8 Å². The highest BCUT2D eigenvalue weighted by Gasteiger charge is 2.08. The van der Waals surface area contributed by atoms with Crippen molar-refractivity contribution in [3.63, 3.8) is 0 Å². The fourth-order valence-corrected chi connectivity index (χ4v) is 1.88. The van der Waals surface area contributed by atoms with Gasteiger partial charge in [-0.25, -0.2) is 0 Å². The van der Waals surface area contributed by atoms with E-state index in [0.717, 1.165) is 24.4 Å². The van der Waals surface area contributed by atoms with Crippen LogP contribution in [0.25, 0.3) is 0 Å². The standard InChI is InChI=1S/C10H13ClN2O2S/c1-16-6-2-5-12-10-4-3-8(13(14)15)7-9(10)11/h3-4,7,12H,2,5-6H2,1H3. The number of rotatable bonds is 6. The van der Waals surface area contributed by atoms with Crippen molar-refractivity contribution in [3.05, 3.63) is 33.3 Å². The summed E-state index contributed by atoms with van der Waals surface area (Å²) in [5, 5.41) is 14.0. The lowest BCUT2D eigenvalue weighted by Gasteiger charge is -2.07. The van der Waals surface area contributed by atoms with Crippen LogP contribution in [0.2, 0.25) is 5.02 Å². The Morgan fingerprint density at radius 2 is 2.31 bits per heavy atom. The minimum absolute atomic E-state index is 0.0136. The Bertz CT molecular complexity index is 374. The number of nitro groups is 1. The molecule has 0 amide bonds. The maximum Gasteiger partial charge on any atom is 0.271 e. The van der Waals surface area contributed by atoms with Gasteiger partial charge in [0.1, 0.15) is 0 Å². The first-order chi connectivity index (χ1) is 7.65. The molecule has 0 aliphatic rings. The smallest absolute Gasteiger partial charge is 0.271 e. The van der Waals surface area contributed by atoms with Crippen molar-refractivity contribution in [3.8, 4) is 0 Å². The maximum atomic E-state index is 10.5. The van der Waals surface area contributed by atoms with Crippen LogP contribution in [0.1, 0.15) is 6.42 Å². The van der Waals surface area contributed by atoms with E-state index in [9.17, 15) is 10.1 Å². The first-order valence-corrected chi connectivity index (χ1v) is 6.59. The Labute approximate surface area is 104 Å². The lowest BCUT2D eigenvalue weighted by Crippen LogP contribution is -2.03. The number of nitro benzene ring substituents is 1. The van der Waals surface area contributed by atoms with E-state index in [-0.39, 0.29) is 5.69 Å². The van der Waals surface area contributed by atoms with Gasteiger partial charge in [0.05, 0.1) is 15.6 Å². The predicted octanol–water partition coefficient (Wildman–Crippen LogP) is 3.41. The van der Waals surface area contributed by atoms with Gasteiger partial charge in [-0.3, -0.25) is 10.1 Å². The zero-order chi connectivity index (χ0) is 12.0. The van der Waals surface area contributed by atoms with Gasteiger partial charge in [-0.1, -0.05) is 11.6 Å². The summed E-state index contributed by atoms with van der Waals surface area (Å²) in [5.74, 6) is 1.08. The second-order valence-electron chi connectivity index (χ2n) is 3.19. The van der Waals surface area contributed by atoms with Gasteiger partial charge < -0.3 is 5.32 Å². The number of halogens is 1. The van der Waals surface area contributed by atoms with Crippen molar-refractivity contribution in [2.75, 3.05) is 23.9 Å². The zero-order valence-electron chi connectivity index (χ0n) is 8.90. The third-order valence-corrected chi connectivity index (χ3v) is 3.01.